The highest BCUT2D eigenvalue weighted by molar-refractivity contribution is 5.81. The maximum atomic E-state index is 12.9. The Morgan fingerprint density at radius 3 is 3.17 bits per heavy atom. The Morgan fingerprint density at radius 2 is 2.39 bits per heavy atom. The maximum absolute atomic E-state index is 12.9. The molecule has 1 amide bonds. The number of carbonyl (C=O) groups excluding carboxylic acids is 1. The molecule has 1 heterocycles. The van der Waals surface area contributed by atoms with E-state index in [1.807, 2.05) is 0 Å². The summed E-state index contributed by atoms with van der Waals surface area (Å²) in [4.78, 5) is 15.2. The average molecular weight is 247 g/mol. The fourth-order valence-corrected chi connectivity index (χ4v) is 1.34. The molecule has 1 aromatic heterocycles. The topological polar surface area (TPSA) is 67.2 Å². The van der Waals surface area contributed by atoms with Gasteiger partial charge in [0, 0.05) is 6.07 Å². The van der Waals surface area contributed by atoms with Gasteiger partial charge in [0.1, 0.15) is 11.3 Å². The predicted molar refractivity (Wildman–Crippen MR) is 64.3 cm³/mol. The third kappa shape index (κ3) is 2.77. The van der Waals surface area contributed by atoms with Crippen molar-refractivity contribution in [2.24, 2.45) is 0 Å². The number of oxazole rings is 1. The number of hydrogen-bond donors (Lipinski definition) is 2. The van der Waals surface area contributed by atoms with Crippen LogP contribution in [0.25, 0.3) is 11.1 Å². The molecule has 0 fully saturated rings. The smallest absolute Gasteiger partial charge is 0.296 e. The number of anilines is 1. The zero-order valence-electron chi connectivity index (χ0n) is 9.37. The second-order valence-corrected chi connectivity index (χ2v) is 3.47. The predicted octanol–water partition coefficient (Wildman–Crippen LogP) is 1.13. The van der Waals surface area contributed by atoms with E-state index in [4.69, 9.17) is 10.8 Å². The normalized spacial score (nSPS) is 10.0. The van der Waals surface area contributed by atoms with Crippen LogP contribution in [0.15, 0.2) is 22.6 Å². The molecule has 92 valence electrons. The lowest BCUT2D eigenvalue weighted by Gasteiger charge is -2.00. The molecule has 18 heavy (non-hydrogen) atoms. The van der Waals surface area contributed by atoms with E-state index in [9.17, 15) is 9.18 Å². The Bertz CT molecular complexity index is 615. The Balaban J connectivity index is 2.00. The third-order valence-electron chi connectivity index (χ3n) is 2.14. The van der Waals surface area contributed by atoms with E-state index in [1.54, 1.807) is 0 Å². The summed E-state index contributed by atoms with van der Waals surface area (Å²) in [5.74, 6) is 1.61. The molecule has 0 aliphatic rings. The first kappa shape index (κ1) is 11.9. The minimum atomic E-state index is -0.394. The highest BCUT2D eigenvalue weighted by Crippen LogP contribution is 2.19. The molecule has 6 heteroatoms. The van der Waals surface area contributed by atoms with E-state index >= 15 is 0 Å². The highest BCUT2D eigenvalue weighted by atomic mass is 19.1. The van der Waals surface area contributed by atoms with Crippen LogP contribution in [0.5, 0.6) is 0 Å². The number of nitrogens with zero attached hydrogens (tertiary/aromatic N) is 1. The summed E-state index contributed by atoms with van der Waals surface area (Å²) in [5.41, 5.74) is 0.837. The zero-order chi connectivity index (χ0) is 13.0. The second-order valence-electron chi connectivity index (χ2n) is 3.47. The molecule has 0 bridgehead atoms. The zero-order valence-corrected chi connectivity index (χ0v) is 9.37. The number of halogens is 1. The molecule has 0 saturated carbocycles. The molecule has 5 nitrogen and oxygen atoms in total. The molecular formula is C12H10FN3O2. The van der Waals surface area contributed by atoms with Crippen molar-refractivity contribution in [1.29, 1.82) is 0 Å². The van der Waals surface area contributed by atoms with Gasteiger partial charge < -0.3 is 15.1 Å². The van der Waals surface area contributed by atoms with Crippen LogP contribution in [0.3, 0.4) is 0 Å². The monoisotopic (exact) mass is 247 g/mol. The van der Waals surface area contributed by atoms with Crippen molar-refractivity contribution in [2.75, 3.05) is 18.4 Å². The molecule has 1 aromatic carbocycles. The Morgan fingerprint density at radius 1 is 1.56 bits per heavy atom. The number of fused-ring (bicyclic) bond motifs is 1. The lowest BCUT2D eigenvalue weighted by atomic mass is 10.3. The van der Waals surface area contributed by atoms with E-state index in [0.717, 1.165) is 0 Å². The van der Waals surface area contributed by atoms with Gasteiger partial charge >= 0.3 is 0 Å². The first-order valence-electron chi connectivity index (χ1n) is 5.19. The maximum Gasteiger partial charge on any atom is 0.296 e. The van der Waals surface area contributed by atoms with Gasteiger partial charge in [-0.3, -0.25) is 4.79 Å². The van der Waals surface area contributed by atoms with Crippen LogP contribution in [0.4, 0.5) is 10.4 Å². The van der Waals surface area contributed by atoms with Gasteiger partial charge in [-0.25, -0.2) is 4.39 Å². The van der Waals surface area contributed by atoms with Crippen molar-refractivity contribution in [3.63, 3.8) is 0 Å². The Labute approximate surface area is 102 Å². The number of amides is 1. The van der Waals surface area contributed by atoms with Gasteiger partial charge in [0.25, 0.3) is 6.01 Å². The lowest BCUT2D eigenvalue weighted by Crippen LogP contribution is -2.30. The van der Waals surface area contributed by atoms with Crippen molar-refractivity contribution >= 4 is 23.0 Å². The lowest BCUT2D eigenvalue weighted by molar-refractivity contribution is -0.119. The summed E-state index contributed by atoms with van der Waals surface area (Å²) in [6.07, 6.45) is 5.00. The molecule has 0 saturated heterocycles. The van der Waals surface area contributed by atoms with E-state index in [1.165, 1.54) is 18.2 Å². The van der Waals surface area contributed by atoms with Crippen LogP contribution in [-0.4, -0.2) is 24.0 Å². The third-order valence-corrected chi connectivity index (χ3v) is 2.14. The summed E-state index contributed by atoms with van der Waals surface area (Å²) in [6.45, 7) is 0.149. The van der Waals surface area contributed by atoms with Gasteiger partial charge in [-0.1, -0.05) is 5.92 Å². The molecular weight excluding hydrogens is 237 g/mol. The number of nitrogens with one attached hydrogen (secondary N) is 2. The quantitative estimate of drug-likeness (QED) is 0.795. The van der Waals surface area contributed by atoms with E-state index in [-0.39, 0.29) is 25.0 Å². The van der Waals surface area contributed by atoms with Gasteiger partial charge in [0.15, 0.2) is 5.58 Å². The van der Waals surface area contributed by atoms with Crippen LogP contribution in [0.2, 0.25) is 0 Å². The van der Waals surface area contributed by atoms with Gasteiger partial charge in [-0.05, 0) is 12.1 Å². The molecule has 0 unspecified atom stereocenters. The number of aromatic nitrogens is 1. The van der Waals surface area contributed by atoms with Gasteiger partial charge in [0.05, 0.1) is 13.1 Å². The molecule has 0 aliphatic heterocycles. The number of carbonyl (C=O) groups is 1. The number of hydrogen-bond acceptors (Lipinski definition) is 4. The highest BCUT2D eigenvalue weighted by Gasteiger charge is 2.07. The summed E-state index contributed by atoms with van der Waals surface area (Å²) < 4.78 is 18.2. The number of terminal acetylenes is 1. The van der Waals surface area contributed by atoms with Crippen molar-refractivity contribution in [2.45, 2.75) is 0 Å². The molecule has 0 atom stereocenters. The largest absolute Gasteiger partial charge is 0.424 e. The Hall–Kier alpha value is -2.55. The van der Waals surface area contributed by atoms with Crippen molar-refractivity contribution in [1.82, 2.24) is 10.3 Å². The average Bonchev–Trinajstić information content (AvgIpc) is 2.75. The Kier molecular flexibility index (Phi) is 3.44. The fraction of sp³-hybridized carbons (Fsp3) is 0.167. The number of benzene rings is 1. The second kappa shape index (κ2) is 5.19. The first-order chi connectivity index (χ1) is 8.69. The standard InChI is InChI=1S/C12H10FN3O2/c1-2-5-14-11(17)7-15-12-16-9-6-8(13)3-4-10(9)18-12/h1,3-4,6H,5,7H2,(H,14,17)(H,15,16). The van der Waals surface area contributed by atoms with Gasteiger partial charge in [0.2, 0.25) is 5.91 Å². The van der Waals surface area contributed by atoms with Crippen molar-refractivity contribution < 1.29 is 13.6 Å². The minimum absolute atomic E-state index is 0.0169. The molecule has 0 spiro atoms. The van der Waals surface area contributed by atoms with Crippen LogP contribution < -0.4 is 10.6 Å². The molecule has 0 radical (unpaired) electrons. The summed E-state index contributed by atoms with van der Waals surface area (Å²) in [7, 11) is 0. The van der Waals surface area contributed by atoms with Gasteiger partial charge in [-0.2, -0.15) is 4.98 Å². The molecule has 0 aliphatic carbocycles. The molecule has 2 aromatic rings. The van der Waals surface area contributed by atoms with Crippen LogP contribution in [0.1, 0.15) is 0 Å². The van der Waals surface area contributed by atoms with Crippen molar-refractivity contribution in [3.8, 4) is 12.3 Å². The summed E-state index contributed by atoms with van der Waals surface area (Å²) in [5, 5.41) is 5.16. The van der Waals surface area contributed by atoms with Crippen molar-refractivity contribution in [3.05, 3.63) is 24.0 Å². The summed E-state index contributed by atoms with van der Waals surface area (Å²) in [6, 6.07) is 4.16. The van der Waals surface area contributed by atoms with E-state index in [0.29, 0.717) is 11.1 Å². The molecule has 2 rings (SSSR count). The van der Waals surface area contributed by atoms with Crippen LogP contribution >= 0.6 is 0 Å². The first-order valence-corrected chi connectivity index (χ1v) is 5.19. The number of rotatable bonds is 4. The van der Waals surface area contributed by atoms with E-state index < -0.39 is 5.82 Å². The molecule has 2 N–H and O–H groups in total. The van der Waals surface area contributed by atoms with Crippen LogP contribution in [-0.2, 0) is 4.79 Å². The minimum Gasteiger partial charge on any atom is -0.424 e. The fourth-order valence-electron chi connectivity index (χ4n) is 1.34. The van der Waals surface area contributed by atoms with Crippen LogP contribution in [0, 0.1) is 18.2 Å². The van der Waals surface area contributed by atoms with E-state index in [2.05, 4.69) is 21.5 Å². The summed E-state index contributed by atoms with van der Waals surface area (Å²) >= 11 is 0. The SMILES string of the molecule is C#CCNC(=O)CNc1nc2cc(F)ccc2o1. The van der Waals surface area contributed by atoms with Gasteiger partial charge in [-0.15, -0.1) is 6.42 Å².